The number of hydrogen-bond acceptors (Lipinski definition) is 2. The summed E-state index contributed by atoms with van der Waals surface area (Å²) >= 11 is 0. The Bertz CT molecular complexity index is 389. The molecule has 3 heteroatoms. The van der Waals surface area contributed by atoms with Crippen LogP contribution >= 0.6 is 0 Å². The van der Waals surface area contributed by atoms with Gasteiger partial charge in [0, 0.05) is 31.7 Å². The maximum atomic E-state index is 3.33. The molecule has 0 bridgehead atoms. The minimum absolute atomic E-state index is 0.849. The van der Waals surface area contributed by atoms with Crippen LogP contribution in [0.25, 0.3) is 0 Å². The van der Waals surface area contributed by atoms with Gasteiger partial charge in [-0.1, -0.05) is 12.1 Å². The Labute approximate surface area is 89.5 Å². The molecule has 1 aromatic carbocycles. The Morgan fingerprint density at radius 2 is 1.87 bits per heavy atom. The Morgan fingerprint density at radius 3 is 2.47 bits per heavy atom. The molecule has 0 saturated carbocycles. The van der Waals surface area contributed by atoms with Gasteiger partial charge in [0.1, 0.15) is 0 Å². The normalized spacial score (nSPS) is 9.93. The molecule has 0 amide bonds. The number of nitrogens with one attached hydrogen (secondary N) is 3. The van der Waals surface area contributed by atoms with Gasteiger partial charge < -0.3 is 15.6 Å². The van der Waals surface area contributed by atoms with Crippen LogP contribution < -0.4 is 10.6 Å². The first kappa shape index (κ1) is 9.65. The van der Waals surface area contributed by atoms with E-state index < -0.39 is 0 Å². The van der Waals surface area contributed by atoms with Crippen molar-refractivity contribution in [3.05, 3.63) is 48.3 Å². The van der Waals surface area contributed by atoms with E-state index in [9.17, 15) is 0 Å². The maximum absolute atomic E-state index is 3.33. The van der Waals surface area contributed by atoms with E-state index in [1.165, 1.54) is 5.56 Å². The fraction of sp³-hybridized carbons (Fsp3) is 0.167. The van der Waals surface area contributed by atoms with E-state index in [1.807, 2.05) is 25.5 Å². The summed E-state index contributed by atoms with van der Waals surface area (Å²) in [6.07, 6.45) is 3.86. The smallest absolute Gasteiger partial charge is 0.0520 e. The highest BCUT2D eigenvalue weighted by Crippen LogP contribution is 2.11. The fourth-order valence-electron chi connectivity index (χ4n) is 1.43. The van der Waals surface area contributed by atoms with Crippen molar-refractivity contribution in [2.75, 3.05) is 17.7 Å². The third kappa shape index (κ3) is 2.53. The second-order valence-corrected chi connectivity index (χ2v) is 3.40. The highest BCUT2D eigenvalue weighted by atomic mass is 14.9. The Kier molecular flexibility index (Phi) is 2.93. The van der Waals surface area contributed by atoms with E-state index in [0.717, 1.165) is 17.9 Å². The molecule has 3 nitrogen and oxygen atoms in total. The molecule has 0 fully saturated rings. The van der Waals surface area contributed by atoms with Gasteiger partial charge in [-0.25, -0.2) is 0 Å². The third-order valence-electron chi connectivity index (χ3n) is 2.34. The first-order chi connectivity index (χ1) is 7.38. The summed E-state index contributed by atoms with van der Waals surface area (Å²) < 4.78 is 0. The molecule has 2 rings (SSSR count). The zero-order valence-corrected chi connectivity index (χ0v) is 8.75. The summed E-state index contributed by atoms with van der Waals surface area (Å²) in [5.74, 6) is 0. The van der Waals surface area contributed by atoms with Crippen molar-refractivity contribution in [2.45, 2.75) is 6.54 Å². The van der Waals surface area contributed by atoms with E-state index in [0.29, 0.717) is 0 Å². The van der Waals surface area contributed by atoms with E-state index in [-0.39, 0.29) is 0 Å². The van der Waals surface area contributed by atoms with Gasteiger partial charge in [0.25, 0.3) is 0 Å². The zero-order valence-electron chi connectivity index (χ0n) is 8.75. The summed E-state index contributed by atoms with van der Waals surface area (Å²) in [7, 11) is 1.92. The number of rotatable bonds is 4. The molecule has 1 aromatic heterocycles. The molecule has 3 N–H and O–H groups in total. The van der Waals surface area contributed by atoms with E-state index in [2.05, 4.69) is 39.9 Å². The molecule has 0 radical (unpaired) electrons. The molecule has 0 unspecified atom stereocenters. The zero-order chi connectivity index (χ0) is 10.5. The van der Waals surface area contributed by atoms with Crippen LogP contribution in [0.4, 0.5) is 11.4 Å². The molecule has 0 atom stereocenters. The fourth-order valence-corrected chi connectivity index (χ4v) is 1.43. The number of anilines is 2. The third-order valence-corrected chi connectivity index (χ3v) is 2.34. The summed E-state index contributed by atoms with van der Waals surface area (Å²) in [4.78, 5) is 3.01. The molecule has 15 heavy (non-hydrogen) atoms. The average molecular weight is 201 g/mol. The molecule has 1 heterocycles. The topological polar surface area (TPSA) is 39.8 Å². The lowest BCUT2D eigenvalue weighted by Gasteiger charge is -2.05. The van der Waals surface area contributed by atoms with Crippen molar-refractivity contribution >= 4 is 11.4 Å². The van der Waals surface area contributed by atoms with Gasteiger partial charge in [0.2, 0.25) is 0 Å². The standard InChI is InChI=1S/C12H15N3/c1-13-11-4-2-10(3-5-11)8-15-12-6-7-14-9-12/h2-7,9,13-15H,8H2,1H3. The number of aromatic nitrogens is 1. The highest BCUT2D eigenvalue weighted by Gasteiger charge is 1.94. The maximum Gasteiger partial charge on any atom is 0.0520 e. The SMILES string of the molecule is CNc1ccc(CNc2cc[nH]c2)cc1. The number of benzene rings is 1. The van der Waals surface area contributed by atoms with Crippen molar-refractivity contribution in [1.82, 2.24) is 4.98 Å². The Hall–Kier alpha value is -1.90. The van der Waals surface area contributed by atoms with Crippen molar-refractivity contribution in [3.8, 4) is 0 Å². The molecule has 0 aliphatic rings. The first-order valence-electron chi connectivity index (χ1n) is 5.02. The molecule has 0 aliphatic heterocycles. The predicted molar refractivity (Wildman–Crippen MR) is 64.1 cm³/mol. The Balaban J connectivity index is 1.93. The largest absolute Gasteiger partial charge is 0.388 e. The van der Waals surface area contributed by atoms with Gasteiger partial charge >= 0.3 is 0 Å². The van der Waals surface area contributed by atoms with Crippen LogP contribution in [0.15, 0.2) is 42.7 Å². The molecule has 0 spiro atoms. The van der Waals surface area contributed by atoms with Gasteiger partial charge in [-0.15, -0.1) is 0 Å². The second-order valence-electron chi connectivity index (χ2n) is 3.40. The molecular weight excluding hydrogens is 186 g/mol. The van der Waals surface area contributed by atoms with Crippen LogP contribution in [0.3, 0.4) is 0 Å². The van der Waals surface area contributed by atoms with Crippen LogP contribution in [0.2, 0.25) is 0 Å². The number of H-pyrrole nitrogens is 1. The van der Waals surface area contributed by atoms with Gasteiger partial charge in [0.05, 0.1) is 5.69 Å². The van der Waals surface area contributed by atoms with E-state index in [4.69, 9.17) is 0 Å². The van der Waals surface area contributed by atoms with Gasteiger partial charge in [-0.05, 0) is 23.8 Å². The quantitative estimate of drug-likeness (QED) is 0.711. The van der Waals surface area contributed by atoms with Crippen molar-refractivity contribution in [3.63, 3.8) is 0 Å². The molecule has 0 saturated heterocycles. The summed E-state index contributed by atoms with van der Waals surface area (Å²) in [5, 5.41) is 6.43. The van der Waals surface area contributed by atoms with Crippen LogP contribution in [0.1, 0.15) is 5.56 Å². The average Bonchev–Trinajstić information content (AvgIpc) is 2.80. The lowest BCUT2D eigenvalue weighted by Crippen LogP contribution is -1.98. The summed E-state index contributed by atoms with van der Waals surface area (Å²) in [5.41, 5.74) is 3.53. The van der Waals surface area contributed by atoms with Crippen molar-refractivity contribution < 1.29 is 0 Å². The van der Waals surface area contributed by atoms with E-state index in [1.54, 1.807) is 0 Å². The number of hydrogen-bond donors (Lipinski definition) is 3. The van der Waals surface area contributed by atoms with Crippen LogP contribution in [-0.2, 0) is 6.54 Å². The minimum Gasteiger partial charge on any atom is -0.388 e. The Morgan fingerprint density at radius 1 is 1.07 bits per heavy atom. The molecule has 0 aliphatic carbocycles. The van der Waals surface area contributed by atoms with Crippen molar-refractivity contribution in [1.29, 1.82) is 0 Å². The van der Waals surface area contributed by atoms with Gasteiger partial charge in [-0.3, -0.25) is 0 Å². The lowest BCUT2D eigenvalue weighted by molar-refractivity contribution is 1.15. The molecule has 2 aromatic rings. The number of aromatic amines is 1. The van der Waals surface area contributed by atoms with Gasteiger partial charge in [-0.2, -0.15) is 0 Å². The first-order valence-corrected chi connectivity index (χ1v) is 5.02. The van der Waals surface area contributed by atoms with Crippen LogP contribution in [0, 0.1) is 0 Å². The summed E-state index contributed by atoms with van der Waals surface area (Å²) in [6.45, 7) is 0.849. The predicted octanol–water partition coefficient (Wildman–Crippen LogP) is 2.67. The van der Waals surface area contributed by atoms with Crippen LogP contribution in [0.5, 0.6) is 0 Å². The van der Waals surface area contributed by atoms with Gasteiger partial charge in [0.15, 0.2) is 0 Å². The highest BCUT2D eigenvalue weighted by molar-refractivity contribution is 5.45. The molecular formula is C12H15N3. The minimum atomic E-state index is 0.849. The van der Waals surface area contributed by atoms with Crippen molar-refractivity contribution in [2.24, 2.45) is 0 Å². The second kappa shape index (κ2) is 4.55. The van der Waals surface area contributed by atoms with E-state index >= 15 is 0 Å². The van der Waals surface area contributed by atoms with Crippen LogP contribution in [-0.4, -0.2) is 12.0 Å². The summed E-state index contributed by atoms with van der Waals surface area (Å²) in [6, 6.07) is 10.4. The molecule has 78 valence electrons. The monoisotopic (exact) mass is 201 g/mol. The lowest BCUT2D eigenvalue weighted by atomic mass is 10.2.